The van der Waals surface area contributed by atoms with Crippen LogP contribution in [0.15, 0.2) is 18.2 Å². The van der Waals surface area contributed by atoms with Crippen molar-refractivity contribution >= 4 is 0 Å². The van der Waals surface area contributed by atoms with Crippen molar-refractivity contribution in [1.82, 2.24) is 9.88 Å². The minimum Gasteiger partial charge on any atom is -0.295 e. The van der Waals surface area contributed by atoms with Crippen molar-refractivity contribution in [2.24, 2.45) is 0 Å². The minimum atomic E-state index is -0.645. The Bertz CT molecular complexity index is 352. The number of hydrogen-bond donors (Lipinski definition) is 0. The quantitative estimate of drug-likeness (QED) is 0.781. The van der Waals surface area contributed by atoms with Gasteiger partial charge in [-0.1, -0.05) is 19.9 Å². The average molecular weight is 222 g/mol. The molecule has 0 bridgehead atoms. The topological polar surface area (TPSA) is 16.1 Å². The Morgan fingerprint density at radius 3 is 2.94 bits per heavy atom. The standard InChI is InChI=1S/C13H19FN2/c1-10(2)13-5-3-4-12(15-13)9-16-7-6-11(14)8-16/h3-5,10-11H,6-9H2,1-2H3/t11-/m0/s1. The Labute approximate surface area is 96.5 Å². The van der Waals surface area contributed by atoms with Crippen LogP contribution in [0.25, 0.3) is 0 Å². The lowest BCUT2D eigenvalue weighted by molar-refractivity contribution is 0.280. The van der Waals surface area contributed by atoms with E-state index < -0.39 is 6.17 Å². The second kappa shape index (κ2) is 4.91. The first-order valence-electron chi connectivity index (χ1n) is 5.97. The van der Waals surface area contributed by atoms with Crippen LogP contribution in [0.3, 0.4) is 0 Å². The summed E-state index contributed by atoms with van der Waals surface area (Å²) in [5.41, 5.74) is 2.17. The molecule has 1 aromatic heterocycles. The average Bonchev–Trinajstić information content (AvgIpc) is 2.64. The maximum atomic E-state index is 13.0. The van der Waals surface area contributed by atoms with E-state index in [0.29, 0.717) is 18.9 Å². The van der Waals surface area contributed by atoms with Crippen molar-refractivity contribution in [3.05, 3.63) is 29.6 Å². The van der Waals surface area contributed by atoms with Gasteiger partial charge in [-0.15, -0.1) is 0 Å². The zero-order chi connectivity index (χ0) is 11.5. The molecule has 0 radical (unpaired) electrons. The third kappa shape index (κ3) is 2.79. The monoisotopic (exact) mass is 222 g/mol. The molecule has 0 unspecified atom stereocenters. The number of alkyl halides is 1. The first-order valence-corrected chi connectivity index (χ1v) is 5.97. The summed E-state index contributed by atoms with van der Waals surface area (Å²) >= 11 is 0. The number of nitrogens with zero attached hydrogens (tertiary/aromatic N) is 2. The summed E-state index contributed by atoms with van der Waals surface area (Å²) in [4.78, 5) is 6.73. The lowest BCUT2D eigenvalue weighted by atomic mass is 10.1. The summed E-state index contributed by atoms with van der Waals surface area (Å²) in [6.07, 6.45) is 0.0254. The predicted molar refractivity (Wildman–Crippen MR) is 63.1 cm³/mol. The molecule has 1 fully saturated rings. The van der Waals surface area contributed by atoms with Gasteiger partial charge >= 0.3 is 0 Å². The van der Waals surface area contributed by atoms with Crippen molar-refractivity contribution in [2.45, 2.75) is 38.9 Å². The van der Waals surface area contributed by atoms with E-state index in [2.05, 4.69) is 29.8 Å². The lowest BCUT2D eigenvalue weighted by Crippen LogP contribution is -2.21. The van der Waals surface area contributed by atoms with Crippen molar-refractivity contribution in [2.75, 3.05) is 13.1 Å². The van der Waals surface area contributed by atoms with E-state index in [1.165, 1.54) is 0 Å². The molecule has 2 nitrogen and oxygen atoms in total. The fraction of sp³-hybridized carbons (Fsp3) is 0.615. The zero-order valence-electron chi connectivity index (χ0n) is 9.99. The Morgan fingerprint density at radius 1 is 1.50 bits per heavy atom. The van der Waals surface area contributed by atoms with Gasteiger partial charge in [0.05, 0.1) is 5.69 Å². The Kier molecular flexibility index (Phi) is 3.54. The van der Waals surface area contributed by atoms with Gasteiger partial charge in [0.2, 0.25) is 0 Å². The molecule has 0 saturated carbocycles. The van der Waals surface area contributed by atoms with Crippen LogP contribution < -0.4 is 0 Å². The predicted octanol–water partition coefficient (Wildman–Crippen LogP) is 2.75. The molecular formula is C13H19FN2. The van der Waals surface area contributed by atoms with E-state index in [1.807, 2.05) is 12.1 Å². The first-order chi connectivity index (χ1) is 7.65. The largest absolute Gasteiger partial charge is 0.295 e. The third-order valence-corrected chi connectivity index (χ3v) is 3.02. The molecule has 3 heteroatoms. The second-order valence-electron chi connectivity index (χ2n) is 4.83. The molecule has 0 aromatic carbocycles. The maximum Gasteiger partial charge on any atom is 0.114 e. The molecule has 0 N–H and O–H groups in total. The van der Waals surface area contributed by atoms with E-state index in [1.54, 1.807) is 0 Å². The normalized spacial score (nSPS) is 21.9. The van der Waals surface area contributed by atoms with E-state index >= 15 is 0 Å². The molecule has 0 amide bonds. The number of rotatable bonds is 3. The smallest absolute Gasteiger partial charge is 0.114 e. The highest BCUT2D eigenvalue weighted by Crippen LogP contribution is 2.16. The molecule has 16 heavy (non-hydrogen) atoms. The summed E-state index contributed by atoms with van der Waals surface area (Å²) in [7, 11) is 0. The number of aromatic nitrogens is 1. The van der Waals surface area contributed by atoms with E-state index in [4.69, 9.17) is 0 Å². The number of pyridine rings is 1. The van der Waals surface area contributed by atoms with Crippen molar-refractivity contribution in [1.29, 1.82) is 0 Å². The van der Waals surface area contributed by atoms with Gasteiger partial charge in [0.25, 0.3) is 0 Å². The molecule has 1 saturated heterocycles. The summed E-state index contributed by atoms with van der Waals surface area (Å²) < 4.78 is 13.0. The first kappa shape index (κ1) is 11.5. The van der Waals surface area contributed by atoms with Gasteiger partial charge in [0.1, 0.15) is 6.17 Å². The molecule has 1 atom stereocenters. The molecule has 1 aliphatic heterocycles. The summed E-state index contributed by atoms with van der Waals surface area (Å²) in [6.45, 7) is 6.47. The van der Waals surface area contributed by atoms with Gasteiger partial charge in [0.15, 0.2) is 0 Å². The lowest BCUT2D eigenvalue weighted by Gasteiger charge is -2.15. The highest BCUT2D eigenvalue weighted by molar-refractivity contribution is 5.14. The number of hydrogen-bond acceptors (Lipinski definition) is 2. The van der Waals surface area contributed by atoms with Crippen molar-refractivity contribution in [3.63, 3.8) is 0 Å². The second-order valence-corrected chi connectivity index (χ2v) is 4.83. The van der Waals surface area contributed by atoms with Crippen LogP contribution in [0.4, 0.5) is 4.39 Å². The maximum absolute atomic E-state index is 13.0. The van der Waals surface area contributed by atoms with Crippen LogP contribution in [0.1, 0.15) is 37.6 Å². The fourth-order valence-electron chi connectivity index (χ4n) is 2.07. The zero-order valence-corrected chi connectivity index (χ0v) is 9.99. The van der Waals surface area contributed by atoms with Gasteiger partial charge < -0.3 is 0 Å². The van der Waals surface area contributed by atoms with E-state index in [9.17, 15) is 4.39 Å². The highest BCUT2D eigenvalue weighted by atomic mass is 19.1. The Hall–Kier alpha value is -0.960. The molecular weight excluding hydrogens is 203 g/mol. The van der Waals surface area contributed by atoms with Gasteiger partial charge in [-0.05, 0) is 24.5 Å². The third-order valence-electron chi connectivity index (χ3n) is 3.02. The van der Waals surface area contributed by atoms with Gasteiger partial charge in [-0.3, -0.25) is 9.88 Å². The Balaban J connectivity index is 2.01. The van der Waals surface area contributed by atoms with Crippen LogP contribution in [0.2, 0.25) is 0 Å². The van der Waals surface area contributed by atoms with Crippen LogP contribution in [0, 0.1) is 0 Å². The van der Waals surface area contributed by atoms with Crippen molar-refractivity contribution in [3.8, 4) is 0 Å². The van der Waals surface area contributed by atoms with Crippen LogP contribution in [-0.4, -0.2) is 29.1 Å². The Morgan fingerprint density at radius 2 is 2.31 bits per heavy atom. The van der Waals surface area contributed by atoms with Crippen molar-refractivity contribution < 1.29 is 4.39 Å². The van der Waals surface area contributed by atoms with Gasteiger partial charge in [-0.25, -0.2) is 4.39 Å². The summed E-state index contributed by atoms with van der Waals surface area (Å²) in [6, 6.07) is 6.12. The van der Waals surface area contributed by atoms with Gasteiger partial charge in [0, 0.05) is 25.3 Å². The molecule has 1 aliphatic rings. The summed E-state index contributed by atoms with van der Waals surface area (Å²) in [5.74, 6) is 0.451. The molecule has 0 aliphatic carbocycles. The van der Waals surface area contributed by atoms with E-state index in [0.717, 1.165) is 24.5 Å². The number of likely N-dealkylation sites (tertiary alicyclic amines) is 1. The number of halogens is 1. The molecule has 2 heterocycles. The highest BCUT2D eigenvalue weighted by Gasteiger charge is 2.21. The summed E-state index contributed by atoms with van der Waals surface area (Å²) in [5, 5.41) is 0. The van der Waals surface area contributed by atoms with Crippen LogP contribution in [-0.2, 0) is 6.54 Å². The SMILES string of the molecule is CC(C)c1cccc(CN2CC[C@H](F)C2)n1. The minimum absolute atomic E-state index is 0.451. The van der Waals surface area contributed by atoms with E-state index in [-0.39, 0.29) is 0 Å². The molecule has 2 rings (SSSR count). The molecule has 88 valence electrons. The van der Waals surface area contributed by atoms with Gasteiger partial charge in [-0.2, -0.15) is 0 Å². The fourth-order valence-corrected chi connectivity index (χ4v) is 2.07. The molecule has 1 aromatic rings. The molecule has 0 spiro atoms. The van der Waals surface area contributed by atoms with Crippen LogP contribution in [0.5, 0.6) is 0 Å². The van der Waals surface area contributed by atoms with Crippen LogP contribution >= 0.6 is 0 Å².